The van der Waals surface area contributed by atoms with Gasteiger partial charge in [0.2, 0.25) is 21.8 Å². The van der Waals surface area contributed by atoms with E-state index in [4.69, 9.17) is 10.00 Å². The van der Waals surface area contributed by atoms with Crippen LogP contribution in [0.4, 0.5) is 5.69 Å². The number of hydrogen-bond acceptors (Lipinski definition) is 6. The van der Waals surface area contributed by atoms with Crippen molar-refractivity contribution in [1.29, 1.82) is 5.26 Å². The van der Waals surface area contributed by atoms with Crippen LogP contribution in [0.5, 0.6) is 5.88 Å². The molecule has 134 valence electrons. The Balaban J connectivity index is 1.60. The van der Waals surface area contributed by atoms with E-state index in [0.717, 1.165) is 0 Å². The van der Waals surface area contributed by atoms with Crippen molar-refractivity contribution in [2.75, 3.05) is 18.4 Å². The Labute approximate surface area is 151 Å². The molecule has 9 heteroatoms. The SMILES string of the molecule is CC(=O)Nc1ccc(S(=O)(=O)N2CC(Oc3ccc(C#N)cn3)C2)cc1. The van der Waals surface area contributed by atoms with Gasteiger partial charge in [-0.25, -0.2) is 13.4 Å². The van der Waals surface area contributed by atoms with Gasteiger partial charge in [0.1, 0.15) is 12.2 Å². The first-order chi connectivity index (χ1) is 12.4. The standard InChI is InChI=1S/C17H16N4O4S/c1-12(22)20-14-3-5-16(6-4-14)26(23,24)21-10-15(11-21)25-17-7-2-13(8-18)9-19-17/h2-7,9,15H,10-11H2,1H3,(H,20,22). The van der Waals surface area contributed by atoms with Gasteiger partial charge in [0.25, 0.3) is 0 Å². The van der Waals surface area contributed by atoms with Gasteiger partial charge in [-0.05, 0) is 30.3 Å². The highest BCUT2D eigenvalue weighted by Crippen LogP contribution is 2.25. The van der Waals surface area contributed by atoms with Crippen LogP contribution in [0.1, 0.15) is 12.5 Å². The number of anilines is 1. The average molecular weight is 372 g/mol. The van der Waals surface area contributed by atoms with Gasteiger partial charge in [0.05, 0.1) is 23.5 Å². The minimum Gasteiger partial charge on any atom is -0.472 e. The fourth-order valence-corrected chi connectivity index (χ4v) is 3.92. The third kappa shape index (κ3) is 3.82. The topological polar surface area (TPSA) is 112 Å². The van der Waals surface area contributed by atoms with E-state index in [2.05, 4.69) is 10.3 Å². The molecule has 8 nitrogen and oxygen atoms in total. The zero-order valence-electron chi connectivity index (χ0n) is 13.9. The van der Waals surface area contributed by atoms with Crippen molar-refractivity contribution in [3.05, 3.63) is 48.2 Å². The van der Waals surface area contributed by atoms with Crippen LogP contribution in [-0.2, 0) is 14.8 Å². The summed E-state index contributed by atoms with van der Waals surface area (Å²) in [5.74, 6) is 0.130. The molecule has 1 saturated heterocycles. The van der Waals surface area contributed by atoms with Gasteiger partial charge < -0.3 is 10.1 Å². The van der Waals surface area contributed by atoms with E-state index in [9.17, 15) is 13.2 Å². The molecule has 0 spiro atoms. The van der Waals surface area contributed by atoms with E-state index in [0.29, 0.717) is 17.1 Å². The molecule has 0 unspecified atom stereocenters. The molecular formula is C17H16N4O4S. The normalized spacial score (nSPS) is 14.9. The number of amides is 1. The summed E-state index contributed by atoms with van der Waals surface area (Å²) in [6, 6.07) is 11.1. The van der Waals surface area contributed by atoms with Crippen molar-refractivity contribution in [3.8, 4) is 11.9 Å². The number of nitrogens with one attached hydrogen (secondary N) is 1. The Morgan fingerprint density at radius 2 is 1.96 bits per heavy atom. The summed E-state index contributed by atoms with van der Waals surface area (Å²) >= 11 is 0. The number of carbonyl (C=O) groups is 1. The van der Waals surface area contributed by atoms with Gasteiger partial charge >= 0.3 is 0 Å². The molecule has 0 aliphatic carbocycles. The maximum Gasteiger partial charge on any atom is 0.243 e. The highest BCUT2D eigenvalue weighted by molar-refractivity contribution is 7.89. The Hall–Kier alpha value is -2.96. The molecule has 26 heavy (non-hydrogen) atoms. The van der Waals surface area contributed by atoms with Gasteiger partial charge in [-0.15, -0.1) is 0 Å². The Kier molecular flexibility index (Phi) is 4.88. The van der Waals surface area contributed by atoms with Crippen molar-refractivity contribution in [2.45, 2.75) is 17.9 Å². The number of nitrogens with zero attached hydrogens (tertiary/aromatic N) is 3. The van der Waals surface area contributed by atoms with Crippen molar-refractivity contribution < 1.29 is 17.9 Å². The monoisotopic (exact) mass is 372 g/mol. The lowest BCUT2D eigenvalue weighted by Crippen LogP contribution is -2.56. The van der Waals surface area contributed by atoms with Crippen molar-refractivity contribution >= 4 is 21.6 Å². The van der Waals surface area contributed by atoms with E-state index < -0.39 is 10.0 Å². The van der Waals surface area contributed by atoms with Crippen molar-refractivity contribution in [3.63, 3.8) is 0 Å². The molecule has 1 amide bonds. The summed E-state index contributed by atoms with van der Waals surface area (Å²) in [5.41, 5.74) is 0.964. The summed E-state index contributed by atoms with van der Waals surface area (Å²) in [4.78, 5) is 15.2. The van der Waals surface area contributed by atoms with Crippen molar-refractivity contribution in [2.24, 2.45) is 0 Å². The molecule has 0 saturated carbocycles. The predicted molar refractivity (Wildman–Crippen MR) is 92.9 cm³/mol. The second-order valence-electron chi connectivity index (χ2n) is 5.76. The number of ether oxygens (including phenoxy) is 1. The molecule has 1 fully saturated rings. The molecule has 3 rings (SSSR count). The first-order valence-corrected chi connectivity index (χ1v) is 9.23. The average Bonchev–Trinajstić information content (AvgIpc) is 2.58. The highest BCUT2D eigenvalue weighted by Gasteiger charge is 2.38. The molecule has 1 aromatic heterocycles. The number of pyridine rings is 1. The van der Waals surface area contributed by atoms with E-state index in [1.807, 2.05) is 6.07 Å². The van der Waals surface area contributed by atoms with Gasteiger partial charge in [0.15, 0.2) is 0 Å². The van der Waals surface area contributed by atoms with Crippen LogP contribution in [0.25, 0.3) is 0 Å². The molecule has 2 aromatic rings. The molecule has 1 aliphatic rings. The predicted octanol–water partition coefficient (Wildman–Crippen LogP) is 1.36. The van der Waals surface area contributed by atoms with Crippen LogP contribution in [0.3, 0.4) is 0 Å². The summed E-state index contributed by atoms with van der Waals surface area (Å²) < 4.78 is 32.0. The number of rotatable bonds is 5. The number of hydrogen-bond donors (Lipinski definition) is 1. The fraction of sp³-hybridized carbons (Fsp3) is 0.235. The second-order valence-corrected chi connectivity index (χ2v) is 7.70. The summed E-state index contributed by atoms with van der Waals surface area (Å²) in [6.07, 6.45) is 1.11. The quantitative estimate of drug-likeness (QED) is 0.848. The molecule has 0 bridgehead atoms. The molecule has 1 aliphatic heterocycles. The fourth-order valence-electron chi connectivity index (χ4n) is 2.42. The zero-order valence-corrected chi connectivity index (χ0v) is 14.7. The number of carbonyl (C=O) groups excluding carboxylic acids is 1. The van der Waals surface area contributed by atoms with Crippen LogP contribution in [-0.4, -0.2) is 42.8 Å². The molecular weight excluding hydrogens is 356 g/mol. The molecule has 0 radical (unpaired) electrons. The van der Waals surface area contributed by atoms with E-state index in [-0.39, 0.29) is 30.0 Å². The molecule has 1 N–H and O–H groups in total. The minimum absolute atomic E-state index is 0.154. The van der Waals surface area contributed by atoms with Crippen LogP contribution < -0.4 is 10.1 Å². The lowest BCUT2D eigenvalue weighted by atomic mass is 10.2. The van der Waals surface area contributed by atoms with Crippen LogP contribution in [0, 0.1) is 11.3 Å². The lowest BCUT2D eigenvalue weighted by Gasteiger charge is -2.37. The molecule has 1 aromatic carbocycles. The highest BCUT2D eigenvalue weighted by atomic mass is 32.2. The lowest BCUT2D eigenvalue weighted by molar-refractivity contribution is -0.114. The maximum atomic E-state index is 12.6. The minimum atomic E-state index is -3.61. The van der Waals surface area contributed by atoms with Crippen LogP contribution in [0.2, 0.25) is 0 Å². The molecule has 2 heterocycles. The maximum absolute atomic E-state index is 12.6. The van der Waals surface area contributed by atoms with Crippen LogP contribution >= 0.6 is 0 Å². The summed E-state index contributed by atoms with van der Waals surface area (Å²) in [6.45, 7) is 1.82. The third-order valence-corrected chi connectivity index (χ3v) is 5.63. The van der Waals surface area contributed by atoms with E-state index in [1.165, 1.54) is 29.6 Å². The first kappa shape index (κ1) is 17.8. The Morgan fingerprint density at radius 3 is 2.50 bits per heavy atom. The smallest absolute Gasteiger partial charge is 0.243 e. The van der Waals surface area contributed by atoms with E-state index >= 15 is 0 Å². The third-order valence-electron chi connectivity index (χ3n) is 3.78. The summed E-state index contributed by atoms with van der Waals surface area (Å²) in [5, 5.41) is 11.3. The second kappa shape index (κ2) is 7.11. The Morgan fingerprint density at radius 1 is 1.27 bits per heavy atom. The summed E-state index contributed by atoms with van der Waals surface area (Å²) in [7, 11) is -3.61. The molecule has 0 atom stereocenters. The van der Waals surface area contributed by atoms with Gasteiger partial charge in [-0.3, -0.25) is 4.79 Å². The van der Waals surface area contributed by atoms with Gasteiger partial charge in [-0.2, -0.15) is 9.57 Å². The number of nitriles is 1. The first-order valence-electron chi connectivity index (χ1n) is 7.79. The zero-order chi connectivity index (χ0) is 18.7. The number of aromatic nitrogens is 1. The van der Waals surface area contributed by atoms with Gasteiger partial charge in [-0.1, -0.05) is 0 Å². The van der Waals surface area contributed by atoms with E-state index in [1.54, 1.807) is 24.3 Å². The Bertz CT molecular complexity index is 944. The van der Waals surface area contributed by atoms with Gasteiger partial charge in [0, 0.05) is 24.9 Å². The number of benzene rings is 1. The van der Waals surface area contributed by atoms with Crippen molar-refractivity contribution in [1.82, 2.24) is 9.29 Å². The number of sulfonamides is 1. The largest absolute Gasteiger partial charge is 0.472 e. The van der Waals surface area contributed by atoms with Crippen LogP contribution in [0.15, 0.2) is 47.5 Å².